The van der Waals surface area contributed by atoms with Crippen molar-refractivity contribution < 1.29 is 26.0 Å². The van der Waals surface area contributed by atoms with Crippen molar-refractivity contribution in [2.24, 2.45) is 0 Å². The lowest BCUT2D eigenvalue weighted by Crippen LogP contribution is -2.11. The van der Waals surface area contributed by atoms with Crippen molar-refractivity contribution in [1.82, 2.24) is 0 Å². The molecule has 0 amide bonds. The number of halogens is 5. The summed E-state index contributed by atoms with van der Waals surface area (Å²) >= 11 is 0. The van der Waals surface area contributed by atoms with Gasteiger partial charge in [-0.05, 0) is 23.8 Å². The van der Waals surface area contributed by atoms with E-state index in [9.17, 15) is 26.0 Å². The van der Waals surface area contributed by atoms with Gasteiger partial charge in [0.15, 0.2) is 0 Å². The zero-order valence-electron chi connectivity index (χ0n) is 10.2. The van der Waals surface area contributed by atoms with Crippen LogP contribution in [0.15, 0.2) is 47.4 Å². The molecule has 0 heterocycles. The lowest BCUT2D eigenvalue weighted by Gasteiger charge is -2.13. The van der Waals surface area contributed by atoms with E-state index in [-0.39, 0.29) is 11.1 Å². The summed E-state index contributed by atoms with van der Waals surface area (Å²) in [6.45, 7) is 0. The van der Waals surface area contributed by atoms with Crippen LogP contribution in [0.5, 0.6) is 0 Å². The largest absolute Gasteiger partial charge is 0.417 e. The Hall–Kier alpha value is -1.60. The van der Waals surface area contributed by atoms with E-state index in [1.807, 2.05) is 0 Å². The molecule has 112 valence electrons. The summed E-state index contributed by atoms with van der Waals surface area (Å²) in [5, 5.41) is 0. The van der Waals surface area contributed by atoms with Crippen LogP contribution in [0, 0.1) is 5.82 Å². The van der Waals surface area contributed by atoms with Gasteiger partial charge in [0.05, 0.1) is 10.5 Å². The van der Waals surface area contributed by atoms with Crippen molar-refractivity contribution >= 4 is 19.7 Å². The van der Waals surface area contributed by atoms with E-state index in [4.69, 9.17) is 10.7 Å². The minimum Gasteiger partial charge on any atom is -0.207 e. The Morgan fingerprint density at radius 3 is 2.14 bits per heavy atom. The SMILES string of the molecule is O=S(=O)(Cl)c1ccc(-c2ccccc2F)cc1C(F)(F)F. The van der Waals surface area contributed by atoms with Crippen LogP contribution in [0.3, 0.4) is 0 Å². The van der Waals surface area contributed by atoms with Crippen molar-refractivity contribution in [3.8, 4) is 11.1 Å². The molecule has 0 aromatic heterocycles. The molecule has 0 spiro atoms. The second kappa shape index (κ2) is 5.31. The lowest BCUT2D eigenvalue weighted by atomic mass is 10.0. The maximum absolute atomic E-state index is 13.6. The fraction of sp³-hybridized carbons (Fsp3) is 0.0769. The van der Waals surface area contributed by atoms with Gasteiger partial charge < -0.3 is 0 Å². The summed E-state index contributed by atoms with van der Waals surface area (Å²) in [7, 11) is 0.430. The third kappa shape index (κ3) is 3.36. The van der Waals surface area contributed by atoms with Crippen LogP contribution in [0.25, 0.3) is 11.1 Å². The van der Waals surface area contributed by atoms with Gasteiger partial charge in [0.2, 0.25) is 0 Å². The van der Waals surface area contributed by atoms with E-state index in [1.54, 1.807) is 0 Å². The minimum atomic E-state index is -4.93. The van der Waals surface area contributed by atoms with Crippen LogP contribution < -0.4 is 0 Å². The number of rotatable bonds is 2. The van der Waals surface area contributed by atoms with Crippen molar-refractivity contribution in [2.75, 3.05) is 0 Å². The molecule has 0 fully saturated rings. The number of alkyl halides is 3. The molecule has 0 aliphatic rings. The summed E-state index contributed by atoms with van der Waals surface area (Å²) in [4.78, 5) is -1.06. The lowest BCUT2D eigenvalue weighted by molar-refractivity contribution is -0.139. The number of hydrogen-bond acceptors (Lipinski definition) is 2. The van der Waals surface area contributed by atoms with Gasteiger partial charge >= 0.3 is 6.18 Å². The highest BCUT2D eigenvalue weighted by molar-refractivity contribution is 8.13. The maximum atomic E-state index is 13.6. The fourth-order valence-electron chi connectivity index (χ4n) is 1.83. The standard InChI is InChI=1S/C13H7ClF4O2S/c14-21(19,20)12-6-5-8(7-10(12)13(16,17)18)9-3-1-2-4-11(9)15/h1-7H. The molecule has 0 atom stereocenters. The van der Waals surface area contributed by atoms with E-state index in [2.05, 4.69) is 0 Å². The summed E-state index contributed by atoms with van der Waals surface area (Å²) < 4.78 is 74.9. The minimum absolute atomic E-state index is 0.0680. The molecule has 0 aliphatic carbocycles. The zero-order valence-corrected chi connectivity index (χ0v) is 11.7. The topological polar surface area (TPSA) is 34.1 Å². The molecule has 0 N–H and O–H groups in total. The van der Waals surface area contributed by atoms with Gasteiger partial charge in [-0.2, -0.15) is 13.2 Å². The summed E-state index contributed by atoms with van der Waals surface area (Å²) in [6, 6.07) is 7.58. The molecule has 21 heavy (non-hydrogen) atoms. The molecule has 0 saturated heterocycles. The van der Waals surface area contributed by atoms with Crippen molar-refractivity contribution in [2.45, 2.75) is 11.1 Å². The third-order valence-corrected chi connectivity index (χ3v) is 4.11. The molecular formula is C13H7ClF4O2S. The average molecular weight is 339 g/mol. The highest BCUT2D eigenvalue weighted by atomic mass is 35.7. The van der Waals surface area contributed by atoms with Gasteiger partial charge in [-0.15, -0.1) is 0 Å². The van der Waals surface area contributed by atoms with Crippen LogP contribution in [0.2, 0.25) is 0 Å². The van der Waals surface area contributed by atoms with E-state index in [0.717, 1.165) is 12.1 Å². The molecule has 2 aromatic rings. The number of benzene rings is 2. The summed E-state index contributed by atoms with van der Waals surface area (Å²) in [5.74, 6) is -0.716. The van der Waals surface area contributed by atoms with Gasteiger partial charge in [0.1, 0.15) is 5.82 Å². The second-order valence-electron chi connectivity index (χ2n) is 4.13. The average Bonchev–Trinajstić information content (AvgIpc) is 2.36. The van der Waals surface area contributed by atoms with Crippen molar-refractivity contribution in [3.63, 3.8) is 0 Å². The Bertz CT molecular complexity index is 785. The molecule has 2 aromatic carbocycles. The van der Waals surface area contributed by atoms with Gasteiger partial charge in [-0.25, -0.2) is 12.8 Å². The van der Waals surface area contributed by atoms with Gasteiger partial charge in [-0.1, -0.05) is 24.3 Å². The molecule has 0 saturated carbocycles. The smallest absolute Gasteiger partial charge is 0.207 e. The highest BCUT2D eigenvalue weighted by Crippen LogP contribution is 2.38. The molecular weight excluding hydrogens is 332 g/mol. The van der Waals surface area contributed by atoms with Gasteiger partial charge in [0, 0.05) is 16.2 Å². The zero-order chi connectivity index (χ0) is 15.8. The first-order valence-electron chi connectivity index (χ1n) is 5.51. The first-order valence-corrected chi connectivity index (χ1v) is 7.82. The predicted octanol–water partition coefficient (Wildman–Crippen LogP) is 4.44. The molecule has 2 rings (SSSR count). The first kappa shape index (κ1) is 15.8. The summed E-state index contributed by atoms with van der Waals surface area (Å²) in [6.07, 6.45) is -4.93. The van der Waals surface area contributed by atoms with E-state index >= 15 is 0 Å². The van der Waals surface area contributed by atoms with Crippen molar-refractivity contribution in [1.29, 1.82) is 0 Å². The van der Waals surface area contributed by atoms with E-state index < -0.39 is 31.5 Å². The Balaban J connectivity index is 2.72. The Morgan fingerprint density at radius 2 is 1.62 bits per heavy atom. The molecule has 2 nitrogen and oxygen atoms in total. The molecule has 0 unspecified atom stereocenters. The molecule has 0 radical (unpaired) electrons. The monoisotopic (exact) mass is 338 g/mol. The number of hydrogen-bond donors (Lipinski definition) is 0. The highest BCUT2D eigenvalue weighted by Gasteiger charge is 2.37. The van der Waals surface area contributed by atoms with Gasteiger partial charge in [-0.3, -0.25) is 0 Å². The second-order valence-corrected chi connectivity index (χ2v) is 6.66. The first-order chi connectivity index (χ1) is 9.60. The van der Waals surface area contributed by atoms with E-state index in [1.165, 1.54) is 18.2 Å². The Morgan fingerprint density at radius 1 is 1.00 bits per heavy atom. The maximum Gasteiger partial charge on any atom is 0.417 e. The third-order valence-electron chi connectivity index (χ3n) is 2.73. The Labute approximate surface area is 122 Å². The van der Waals surface area contributed by atoms with E-state index in [0.29, 0.717) is 12.1 Å². The van der Waals surface area contributed by atoms with Crippen LogP contribution >= 0.6 is 10.7 Å². The van der Waals surface area contributed by atoms with Crippen LogP contribution in [-0.4, -0.2) is 8.42 Å². The fourth-order valence-corrected chi connectivity index (χ4v) is 2.90. The van der Waals surface area contributed by atoms with Crippen LogP contribution in [-0.2, 0) is 15.2 Å². The molecule has 0 aliphatic heterocycles. The summed E-state index contributed by atoms with van der Waals surface area (Å²) in [5.41, 5.74) is -1.59. The van der Waals surface area contributed by atoms with Crippen LogP contribution in [0.1, 0.15) is 5.56 Å². The Kier molecular flexibility index (Phi) is 3.99. The van der Waals surface area contributed by atoms with Crippen LogP contribution in [0.4, 0.5) is 17.6 Å². The normalized spacial score (nSPS) is 12.4. The van der Waals surface area contributed by atoms with Gasteiger partial charge in [0.25, 0.3) is 9.05 Å². The molecule has 8 heteroatoms. The van der Waals surface area contributed by atoms with Crippen molar-refractivity contribution in [3.05, 3.63) is 53.8 Å². The molecule has 0 bridgehead atoms. The quantitative estimate of drug-likeness (QED) is 0.599. The predicted molar refractivity (Wildman–Crippen MR) is 69.9 cm³/mol.